The van der Waals surface area contributed by atoms with Crippen LogP contribution in [0.2, 0.25) is 0 Å². The zero-order valence-corrected chi connectivity index (χ0v) is 16.2. The second-order valence-electron chi connectivity index (χ2n) is 5.94. The Hall–Kier alpha value is -2.18. The lowest BCUT2D eigenvalue weighted by Gasteiger charge is -2.07. The second-order valence-corrected chi connectivity index (χ2v) is 8.05. The van der Waals surface area contributed by atoms with Gasteiger partial charge in [-0.15, -0.1) is 23.1 Å². The summed E-state index contributed by atoms with van der Waals surface area (Å²) in [6.45, 7) is 4.09. The van der Waals surface area contributed by atoms with E-state index >= 15 is 0 Å². The predicted octanol–water partition coefficient (Wildman–Crippen LogP) is 5.12. The van der Waals surface area contributed by atoms with Crippen molar-refractivity contribution >= 4 is 29.0 Å². The van der Waals surface area contributed by atoms with Gasteiger partial charge in [0.2, 0.25) is 0 Å². The Labute approximate surface area is 160 Å². The molecule has 1 amide bonds. The number of carbonyl (C=O) groups is 1. The fraction of sp³-hybridized carbons (Fsp3) is 0.200. The van der Waals surface area contributed by atoms with Crippen molar-refractivity contribution in [1.82, 2.24) is 10.3 Å². The molecule has 1 aromatic heterocycles. The van der Waals surface area contributed by atoms with E-state index in [1.54, 1.807) is 42.2 Å². The molecule has 2 aromatic carbocycles. The van der Waals surface area contributed by atoms with Crippen molar-refractivity contribution in [2.24, 2.45) is 0 Å². The van der Waals surface area contributed by atoms with Crippen LogP contribution in [0, 0.1) is 19.7 Å². The lowest BCUT2D eigenvalue weighted by molar-refractivity contribution is 0.0951. The molecule has 3 rings (SSSR count). The van der Waals surface area contributed by atoms with E-state index in [4.69, 9.17) is 0 Å². The molecule has 0 bridgehead atoms. The van der Waals surface area contributed by atoms with Crippen molar-refractivity contribution < 1.29 is 9.18 Å². The summed E-state index contributed by atoms with van der Waals surface area (Å²) in [4.78, 5) is 17.8. The summed E-state index contributed by atoms with van der Waals surface area (Å²) >= 11 is 3.35. The van der Waals surface area contributed by atoms with E-state index in [0.29, 0.717) is 17.7 Å². The molecule has 3 nitrogen and oxygen atoms in total. The maximum absolute atomic E-state index is 13.3. The van der Waals surface area contributed by atoms with E-state index in [2.05, 4.69) is 15.7 Å². The van der Waals surface area contributed by atoms with Gasteiger partial charge in [0, 0.05) is 28.1 Å². The molecular weight excluding hydrogens is 367 g/mol. The van der Waals surface area contributed by atoms with Crippen LogP contribution in [-0.4, -0.2) is 10.9 Å². The maximum Gasteiger partial charge on any atom is 0.251 e. The van der Waals surface area contributed by atoms with Crippen molar-refractivity contribution in [3.8, 4) is 0 Å². The topological polar surface area (TPSA) is 42.0 Å². The molecular formula is C20H19FN2OS2. The number of benzene rings is 2. The molecule has 0 spiro atoms. The zero-order valence-electron chi connectivity index (χ0n) is 14.6. The van der Waals surface area contributed by atoms with Crippen LogP contribution in [0.25, 0.3) is 0 Å². The number of carbonyl (C=O) groups excluding carboxylic acids is 1. The van der Waals surface area contributed by atoms with Gasteiger partial charge in [0.05, 0.1) is 10.7 Å². The average molecular weight is 387 g/mol. The number of halogens is 1. The normalized spacial score (nSPS) is 10.7. The van der Waals surface area contributed by atoms with Gasteiger partial charge in [-0.1, -0.05) is 12.1 Å². The Bertz CT molecular complexity index is 906. The van der Waals surface area contributed by atoms with Crippen LogP contribution < -0.4 is 5.32 Å². The van der Waals surface area contributed by atoms with Crippen LogP contribution in [0.1, 0.15) is 32.2 Å². The lowest BCUT2D eigenvalue weighted by Crippen LogP contribution is -2.22. The summed E-state index contributed by atoms with van der Waals surface area (Å²) in [5.74, 6) is 0.444. The third-order valence-corrected chi connectivity index (χ3v) is 5.71. The van der Waals surface area contributed by atoms with Crippen LogP contribution in [-0.2, 0) is 12.3 Å². The molecule has 0 unspecified atom stereocenters. The molecule has 1 N–H and O–H groups in total. The van der Waals surface area contributed by atoms with Crippen molar-refractivity contribution in [3.63, 3.8) is 0 Å². The Morgan fingerprint density at radius 2 is 1.96 bits per heavy atom. The number of hydrogen-bond acceptors (Lipinski definition) is 4. The molecule has 3 aromatic rings. The summed E-state index contributed by atoms with van der Waals surface area (Å²) in [6.07, 6.45) is 0. The average Bonchev–Trinajstić information content (AvgIpc) is 3.06. The van der Waals surface area contributed by atoms with E-state index in [9.17, 15) is 9.18 Å². The van der Waals surface area contributed by atoms with Gasteiger partial charge in [-0.2, -0.15) is 0 Å². The third kappa shape index (κ3) is 4.93. The molecule has 1 heterocycles. The number of aromatic nitrogens is 1. The summed E-state index contributed by atoms with van der Waals surface area (Å²) in [7, 11) is 0. The molecule has 26 heavy (non-hydrogen) atoms. The number of thioether (sulfide) groups is 1. The number of aryl methyl sites for hydroxylation is 2. The number of rotatable bonds is 6. The number of nitrogens with one attached hydrogen (secondary N) is 1. The van der Waals surface area contributed by atoms with Crippen molar-refractivity contribution in [2.45, 2.75) is 31.0 Å². The highest BCUT2D eigenvalue weighted by Gasteiger charge is 2.07. The lowest BCUT2D eigenvalue weighted by atomic mass is 10.1. The second kappa shape index (κ2) is 8.47. The number of thiazole rings is 1. The number of hydrogen-bond donors (Lipinski definition) is 1. The SMILES string of the molecule is Cc1nc(CSc2ccc(C(=O)NCc3ccc(F)c(C)c3)cc2)cs1. The largest absolute Gasteiger partial charge is 0.348 e. The number of amides is 1. The minimum atomic E-state index is -0.235. The van der Waals surface area contributed by atoms with E-state index < -0.39 is 0 Å². The van der Waals surface area contributed by atoms with Crippen LogP contribution >= 0.6 is 23.1 Å². The first-order valence-corrected chi connectivity index (χ1v) is 10.0. The van der Waals surface area contributed by atoms with Gasteiger partial charge in [-0.05, 0) is 55.3 Å². The van der Waals surface area contributed by atoms with Crippen LogP contribution in [0.4, 0.5) is 4.39 Å². The van der Waals surface area contributed by atoms with Gasteiger partial charge >= 0.3 is 0 Å². The summed E-state index contributed by atoms with van der Waals surface area (Å²) in [6, 6.07) is 12.4. The Morgan fingerprint density at radius 1 is 1.19 bits per heavy atom. The van der Waals surface area contributed by atoms with Crippen LogP contribution in [0.5, 0.6) is 0 Å². The Morgan fingerprint density at radius 3 is 2.62 bits per heavy atom. The van der Waals surface area contributed by atoms with Gasteiger partial charge in [0.15, 0.2) is 0 Å². The van der Waals surface area contributed by atoms with E-state index in [0.717, 1.165) is 26.9 Å². The monoisotopic (exact) mass is 386 g/mol. The predicted molar refractivity (Wildman–Crippen MR) is 105 cm³/mol. The third-order valence-electron chi connectivity index (χ3n) is 3.85. The number of nitrogens with zero attached hydrogens (tertiary/aromatic N) is 1. The van der Waals surface area contributed by atoms with Gasteiger partial charge in [0.1, 0.15) is 5.82 Å². The van der Waals surface area contributed by atoms with Gasteiger partial charge in [-0.3, -0.25) is 4.79 Å². The van der Waals surface area contributed by atoms with Gasteiger partial charge in [0.25, 0.3) is 5.91 Å². The highest BCUT2D eigenvalue weighted by atomic mass is 32.2. The van der Waals surface area contributed by atoms with Crippen molar-refractivity contribution in [2.75, 3.05) is 0 Å². The molecule has 0 aliphatic carbocycles. The first kappa shape index (κ1) is 18.6. The first-order chi connectivity index (χ1) is 12.5. The molecule has 0 aliphatic rings. The highest BCUT2D eigenvalue weighted by Crippen LogP contribution is 2.24. The molecule has 0 radical (unpaired) electrons. The maximum atomic E-state index is 13.3. The minimum absolute atomic E-state index is 0.140. The van der Waals surface area contributed by atoms with E-state index in [-0.39, 0.29) is 11.7 Å². The highest BCUT2D eigenvalue weighted by molar-refractivity contribution is 7.98. The van der Waals surface area contributed by atoms with Crippen LogP contribution in [0.3, 0.4) is 0 Å². The smallest absolute Gasteiger partial charge is 0.251 e. The van der Waals surface area contributed by atoms with Gasteiger partial charge in [-0.25, -0.2) is 9.37 Å². The molecule has 0 saturated carbocycles. The quantitative estimate of drug-likeness (QED) is 0.598. The molecule has 0 atom stereocenters. The van der Waals surface area contributed by atoms with E-state index in [1.165, 1.54) is 6.07 Å². The standard InChI is InChI=1S/C20H19FN2OS2/c1-13-9-15(3-8-19(13)21)10-22-20(24)16-4-6-18(7-5-16)26-12-17-11-25-14(2)23-17/h3-9,11H,10,12H2,1-2H3,(H,22,24). The molecule has 134 valence electrons. The van der Waals surface area contributed by atoms with Crippen LogP contribution in [0.15, 0.2) is 52.7 Å². The molecule has 0 aliphatic heterocycles. The fourth-order valence-corrected chi connectivity index (χ4v) is 3.94. The Balaban J connectivity index is 1.53. The summed E-state index contributed by atoms with van der Waals surface area (Å²) in [5.41, 5.74) is 3.14. The molecule has 6 heteroatoms. The summed E-state index contributed by atoms with van der Waals surface area (Å²) < 4.78 is 13.3. The van der Waals surface area contributed by atoms with E-state index in [1.807, 2.05) is 31.2 Å². The zero-order chi connectivity index (χ0) is 18.5. The van der Waals surface area contributed by atoms with Gasteiger partial charge < -0.3 is 5.32 Å². The molecule has 0 fully saturated rings. The Kier molecular flexibility index (Phi) is 6.06. The first-order valence-electron chi connectivity index (χ1n) is 8.18. The van der Waals surface area contributed by atoms with Crippen molar-refractivity contribution in [3.05, 3.63) is 81.1 Å². The molecule has 0 saturated heterocycles. The summed E-state index contributed by atoms with van der Waals surface area (Å²) in [5, 5.41) is 6.01. The fourth-order valence-electron chi connectivity index (χ4n) is 2.44. The van der Waals surface area contributed by atoms with Crippen molar-refractivity contribution in [1.29, 1.82) is 0 Å². The minimum Gasteiger partial charge on any atom is -0.348 e.